The Bertz CT molecular complexity index is 789. The Morgan fingerprint density at radius 3 is 2.10 bits per heavy atom. The van der Waals surface area contributed by atoms with E-state index in [0.717, 1.165) is 16.5 Å². The molecule has 0 heterocycles. The summed E-state index contributed by atoms with van der Waals surface area (Å²) in [5, 5.41) is 3.36. The summed E-state index contributed by atoms with van der Waals surface area (Å²) >= 11 is 3.44. The minimum atomic E-state index is 0.880. The topological polar surface area (TPSA) is 0 Å². The highest BCUT2D eigenvalue weighted by Gasteiger charge is 1.93. The minimum absolute atomic E-state index is 0.880. The predicted molar refractivity (Wildman–Crippen MR) is 89.0 cm³/mol. The fourth-order valence-corrected chi connectivity index (χ4v) is 2.46. The van der Waals surface area contributed by atoms with Gasteiger partial charge in [0.05, 0.1) is 0 Å². The van der Waals surface area contributed by atoms with E-state index >= 15 is 0 Å². The van der Waals surface area contributed by atoms with E-state index in [9.17, 15) is 0 Å². The zero-order valence-corrected chi connectivity index (χ0v) is 12.5. The molecule has 0 saturated heterocycles. The Hall–Kier alpha value is -2.04. The van der Waals surface area contributed by atoms with Gasteiger partial charge in [0.2, 0.25) is 0 Å². The Kier molecular flexibility index (Phi) is 3.85. The molecule has 0 aromatic heterocycles. The van der Waals surface area contributed by atoms with Crippen LogP contribution in [-0.4, -0.2) is 0 Å². The number of hydrogen-bond acceptors (Lipinski definition) is 0. The van der Waals surface area contributed by atoms with Crippen molar-refractivity contribution in [1.29, 1.82) is 0 Å². The number of hydrogen-bond donors (Lipinski definition) is 0. The molecule has 96 valence electrons. The molecular weight excluding hydrogens is 308 g/mol. The molecule has 1 heteroatoms. The Morgan fingerprint density at radius 1 is 0.700 bits per heavy atom. The van der Waals surface area contributed by atoms with Crippen molar-refractivity contribution in [3.63, 3.8) is 0 Å². The van der Waals surface area contributed by atoms with E-state index in [1.54, 1.807) is 0 Å². The van der Waals surface area contributed by atoms with Gasteiger partial charge in [0, 0.05) is 16.5 Å². The number of halogens is 1. The molecule has 0 bridgehead atoms. The molecule has 0 saturated carbocycles. The van der Waals surface area contributed by atoms with Crippen molar-refractivity contribution in [2.75, 3.05) is 0 Å². The molecule has 3 rings (SSSR count). The quantitative estimate of drug-likeness (QED) is 0.430. The Labute approximate surface area is 127 Å². The third-order valence-corrected chi connectivity index (χ3v) is 3.86. The molecule has 3 aromatic carbocycles. The summed E-state index contributed by atoms with van der Waals surface area (Å²) in [6.45, 7) is 0. The van der Waals surface area contributed by atoms with Crippen LogP contribution in [0.4, 0.5) is 0 Å². The van der Waals surface area contributed by atoms with Gasteiger partial charge in [-0.3, -0.25) is 0 Å². The lowest BCUT2D eigenvalue weighted by Crippen LogP contribution is -1.80. The summed E-state index contributed by atoms with van der Waals surface area (Å²) in [6, 6.07) is 23.0. The second kappa shape index (κ2) is 5.94. The number of rotatable bonds is 1. The van der Waals surface area contributed by atoms with Gasteiger partial charge in [0.25, 0.3) is 0 Å². The highest BCUT2D eigenvalue weighted by atomic mass is 79.9. The zero-order valence-electron chi connectivity index (χ0n) is 10.9. The highest BCUT2D eigenvalue weighted by molar-refractivity contribution is 9.08. The van der Waals surface area contributed by atoms with Gasteiger partial charge in [-0.2, -0.15) is 0 Å². The van der Waals surface area contributed by atoms with Crippen LogP contribution in [0.5, 0.6) is 0 Å². The first-order chi connectivity index (χ1) is 9.85. The summed E-state index contributed by atoms with van der Waals surface area (Å²) in [4.78, 5) is 0. The molecule has 0 N–H and O–H groups in total. The lowest BCUT2D eigenvalue weighted by Gasteiger charge is -1.97. The molecule has 3 aromatic rings. The first kappa shape index (κ1) is 13.0. The van der Waals surface area contributed by atoms with Crippen LogP contribution >= 0.6 is 15.9 Å². The molecule has 0 amide bonds. The monoisotopic (exact) mass is 320 g/mol. The van der Waals surface area contributed by atoms with Gasteiger partial charge < -0.3 is 0 Å². The average Bonchev–Trinajstić information content (AvgIpc) is 2.53. The number of alkyl halides is 1. The minimum Gasteiger partial charge on any atom is -0.0876 e. The third-order valence-electron chi connectivity index (χ3n) is 3.21. The molecule has 0 radical (unpaired) electrons. The fraction of sp³-hybridized carbons (Fsp3) is 0.0526. The van der Waals surface area contributed by atoms with E-state index in [1.807, 2.05) is 0 Å². The van der Waals surface area contributed by atoms with Crippen LogP contribution in [0.3, 0.4) is 0 Å². The largest absolute Gasteiger partial charge is 0.0876 e. The first-order valence-electron chi connectivity index (χ1n) is 6.51. The van der Waals surface area contributed by atoms with E-state index in [0.29, 0.717) is 0 Å². The van der Waals surface area contributed by atoms with Gasteiger partial charge in [-0.1, -0.05) is 70.2 Å². The van der Waals surface area contributed by atoms with Crippen molar-refractivity contribution >= 4 is 26.7 Å². The zero-order chi connectivity index (χ0) is 13.8. The van der Waals surface area contributed by atoms with Crippen molar-refractivity contribution in [1.82, 2.24) is 0 Å². The van der Waals surface area contributed by atoms with Gasteiger partial charge in [-0.05, 0) is 40.6 Å². The smallest absolute Gasteiger partial charge is 0.0283 e. The van der Waals surface area contributed by atoms with Crippen LogP contribution in [0.2, 0.25) is 0 Å². The van der Waals surface area contributed by atoms with Crippen LogP contribution in [0.25, 0.3) is 10.8 Å². The second-order valence-electron chi connectivity index (χ2n) is 4.64. The Morgan fingerprint density at radius 2 is 1.35 bits per heavy atom. The summed E-state index contributed by atoms with van der Waals surface area (Å²) in [5.41, 5.74) is 3.36. The molecule has 0 atom stereocenters. The molecule has 0 nitrogen and oxygen atoms in total. The van der Waals surface area contributed by atoms with Gasteiger partial charge in [-0.15, -0.1) is 0 Å². The van der Waals surface area contributed by atoms with E-state index < -0.39 is 0 Å². The van der Waals surface area contributed by atoms with Crippen molar-refractivity contribution in [3.05, 3.63) is 83.4 Å². The van der Waals surface area contributed by atoms with Gasteiger partial charge in [-0.25, -0.2) is 0 Å². The van der Waals surface area contributed by atoms with Crippen molar-refractivity contribution in [2.24, 2.45) is 0 Å². The molecule has 0 unspecified atom stereocenters. The fourth-order valence-electron chi connectivity index (χ4n) is 2.09. The first-order valence-corrected chi connectivity index (χ1v) is 7.63. The van der Waals surface area contributed by atoms with E-state index in [4.69, 9.17) is 0 Å². The third kappa shape index (κ3) is 2.92. The van der Waals surface area contributed by atoms with Crippen molar-refractivity contribution in [2.45, 2.75) is 5.33 Å². The SMILES string of the molecule is BrCc1ccc(C#Cc2ccc3ccccc3c2)cc1. The van der Waals surface area contributed by atoms with Crippen LogP contribution in [0.1, 0.15) is 16.7 Å². The summed E-state index contributed by atoms with van der Waals surface area (Å²) < 4.78 is 0. The lowest BCUT2D eigenvalue weighted by atomic mass is 10.1. The molecule has 0 aliphatic heterocycles. The molecule has 20 heavy (non-hydrogen) atoms. The van der Waals surface area contributed by atoms with E-state index in [1.165, 1.54) is 16.3 Å². The van der Waals surface area contributed by atoms with Crippen LogP contribution < -0.4 is 0 Å². The standard InChI is InChI=1S/C19H13Br/c20-14-17-9-6-15(7-10-17)5-8-16-11-12-18-3-1-2-4-19(18)13-16/h1-4,6-7,9-13H,14H2. The van der Waals surface area contributed by atoms with Crippen molar-refractivity contribution < 1.29 is 0 Å². The predicted octanol–water partition coefficient (Wildman–Crippen LogP) is 5.13. The molecule has 0 aliphatic carbocycles. The van der Waals surface area contributed by atoms with E-state index in [2.05, 4.69) is 94.5 Å². The summed E-state index contributed by atoms with van der Waals surface area (Å²) in [5.74, 6) is 6.44. The normalized spacial score (nSPS) is 10.1. The van der Waals surface area contributed by atoms with Gasteiger partial charge in [0.15, 0.2) is 0 Å². The molecule has 0 spiro atoms. The summed E-state index contributed by atoms with van der Waals surface area (Å²) in [7, 11) is 0. The highest BCUT2D eigenvalue weighted by Crippen LogP contribution is 2.15. The maximum Gasteiger partial charge on any atom is 0.0283 e. The molecule has 0 fully saturated rings. The maximum atomic E-state index is 3.44. The summed E-state index contributed by atoms with van der Waals surface area (Å²) in [6.07, 6.45) is 0. The Balaban J connectivity index is 1.90. The maximum absolute atomic E-state index is 3.44. The van der Waals surface area contributed by atoms with Crippen molar-refractivity contribution in [3.8, 4) is 11.8 Å². The van der Waals surface area contributed by atoms with Crippen LogP contribution in [-0.2, 0) is 5.33 Å². The van der Waals surface area contributed by atoms with E-state index in [-0.39, 0.29) is 0 Å². The number of benzene rings is 3. The van der Waals surface area contributed by atoms with Gasteiger partial charge >= 0.3 is 0 Å². The van der Waals surface area contributed by atoms with Crippen LogP contribution in [0.15, 0.2) is 66.7 Å². The lowest BCUT2D eigenvalue weighted by molar-refractivity contribution is 1.43. The van der Waals surface area contributed by atoms with Crippen LogP contribution in [0, 0.1) is 11.8 Å². The average molecular weight is 321 g/mol. The van der Waals surface area contributed by atoms with Gasteiger partial charge in [0.1, 0.15) is 0 Å². The molecular formula is C19H13Br. The second-order valence-corrected chi connectivity index (χ2v) is 5.20. The molecule has 0 aliphatic rings. The number of fused-ring (bicyclic) bond motifs is 1.